The van der Waals surface area contributed by atoms with Crippen LogP contribution in [0.15, 0.2) is 18.3 Å². The number of nitriles is 1. The van der Waals surface area contributed by atoms with Crippen LogP contribution in [0.25, 0.3) is 0 Å². The smallest absolute Gasteiger partial charge is 0.254 e. The van der Waals surface area contributed by atoms with Crippen molar-refractivity contribution in [1.29, 1.82) is 5.26 Å². The number of nitrogens with zero attached hydrogens (tertiary/aromatic N) is 4. The van der Waals surface area contributed by atoms with E-state index in [9.17, 15) is 4.79 Å². The number of hydrogen-bond acceptors (Lipinski definition) is 5. The Bertz CT molecular complexity index is 541. The van der Waals surface area contributed by atoms with Gasteiger partial charge in [0.1, 0.15) is 5.15 Å². The van der Waals surface area contributed by atoms with Gasteiger partial charge in [-0.1, -0.05) is 11.6 Å². The lowest BCUT2D eigenvalue weighted by molar-refractivity contribution is 0.0326. The second kappa shape index (κ2) is 8.69. The highest BCUT2D eigenvalue weighted by atomic mass is 35.5. The normalized spacial score (nSPS) is 15.3. The maximum atomic E-state index is 12.6. The van der Waals surface area contributed by atoms with E-state index in [2.05, 4.69) is 16.0 Å². The average molecular weight is 323 g/mol. The number of hydrogen-bond donors (Lipinski definition) is 0. The largest absolute Gasteiger partial charge is 0.379 e. The standard InChI is InChI=1S/C15H19ClN4O2/c16-14-12-13(2-4-18-14)15(21)20(5-1-3-17)7-6-19-8-10-22-11-9-19/h2,4,12H,1,5-11H2. The Kier molecular flexibility index (Phi) is 6.59. The van der Waals surface area contributed by atoms with Crippen LogP contribution in [0.2, 0.25) is 5.15 Å². The summed E-state index contributed by atoms with van der Waals surface area (Å²) in [6.45, 7) is 4.99. The van der Waals surface area contributed by atoms with E-state index in [-0.39, 0.29) is 5.91 Å². The summed E-state index contributed by atoms with van der Waals surface area (Å²) < 4.78 is 5.31. The second-order valence-electron chi connectivity index (χ2n) is 5.02. The van der Waals surface area contributed by atoms with Gasteiger partial charge in [-0.2, -0.15) is 5.26 Å². The minimum absolute atomic E-state index is 0.118. The van der Waals surface area contributed by atoms with Gasteiger partial charge >= 0.3 is 0 Å². The van der Waals surface area contributed by atoms with Gasteiger partial charge in [-0.3, -0.25) is 9.69 Å². The van der Waals surface area contributed by atoms with Gasteiger partial charge in [-0.25, -0.2) is 4.98 Å². The number of rotatable bonds is 6. The summed E-state index contributed by atoms with van der Waals surface area (Å²) in [4.78, 5) is 20.4. The summed E-state index contributed by atoms with van der Waals surface area (Å²) in [6.07, 6.45) is 1.83. The van der Waals surface area contributed by atoms with Crippen molar-refractivity contribution in [2.75, 3.05) is 45.9 Å². The fourth-order valence-electron chi connectivity index (χ4n) is 2.30. The summed E-state index contributed by atoms with van der Waals surface area (Å²) in [6, 6.07) is 5.28. The van der Waals surface area contributed by atoms with Crippen LogP contribution in [-0.4, -0.2) is 66.6 Å². The van der Waals surface area contributed by atoms with Crippen molar-refractivity contribution in [3.05, 3.63) is 29.0 Å². The Balaban J connectivity index is 1.98. The molecule has 0 spiro atoms. The predicted octanol–water partition coefficient (Wildman–Crippen LogP) is 1.42. The monoisotopic (exact) mass is 322 g/mol. The molecule has 1 amide bonds. The van der Waals surface area contributed by atoms with Gasteiger partial charge in [0, 0.05) is 44.5 Å². The third-order valence-corrected chi connectivity index (χ3v) is 3.75. The fraction of sp³-hybridized carbons (Fsp3) is 0.533. The molecule has 1 aliphatic heterocycles. The van der Waals surface area contributed by atoms with Crippen molar-refractivity contribution in [3.63, 3.8) is 0 Å². The minimum atomic E-state index is -0.118. The maximum Gasteiger partial charge on any atom is 0.254 e. The number of pyridine rings is 1. The number of ether oxygens (including phenoxy) is 1. The summed E-state index contributed by atoms with van der Waals surface area (Å²) in [7, 11) is 0. The number of amides is 1. The van der Waals surface area contributed by atoms with Crippen LogP contribution >= 0.6 is 11.6 Å². The molecule has 0 unspecified atom stereocenters. The van der Waals surface area contributed by atoms with E-state index in [1.54, 1.807) is 17.0 Å². The van der Waals surface area contributed by atoms with E-state index in [0.29, 0.717) is 30.2 Å². The van der Waals surface area contributed by atoms with Crippen LogP contribution in [0.3, 0.4) is 0 Å². The zero-order valence-corrected chi connectivity index (χ0v) is 13.1. The van der Waals surface area contributed by atoms with Crippen molar-refractivity contribution >= 4 is 17.5 Å². The quantitative estimate of drug-likeness (QED) is 0.741. The average Bonchev–Trinajstić information content (AvgIpc) is 2.55. The number of aromatic nitrogens is 1. The van der Waals surface area contributed by atoms with Crippen molar-refractivity contribution in [3.8, 4) is 6.07 Å². The van der Waals surface area contributed by atoms with Crippen LogP contribution < -0.4 is 0 Å². The molecule has 1 fully saturated rings. The lowest BCUT2D eigenvalue weighted by Crippen LogP contribution is -2.43. The molecule has 2 rings (SSSR count). The first-order valence-corrected chi connectivity index (χ1v) is 7.66. The maximum absolute atomic E-state index is 12.6. The van der Waals surface area contributed by atoms with Gasteiger partial charge in [0.2, 0.25) is 0 Å². The zero-order valence-electron chi connectivity index (χ0n) is 12.4. The predicted molar refractivity (Wildman–Crippen MR) is 82.6 cm³/mol. The molecule has 0 N–H and O–H groups in total. The minimum Gasteiger partial charge on any atom is -0.379 e. The molecule has 0 atom stereocenters. The van der Waals surface area contributed by atoms with Gasteiger partial charge in [0.25, 0.3) is 5.91 Å². The first-order chi connectivity index (χ1) is 10.7. The molecule has 2 heterocycles. The SMILES string of the molecule is N#CCCN(CCN1CCOCC1)C(=O)c1ccnc(Cl)c1. The van der Waals surface area contributed by atoms with E-state index in [4.69, 9.17) is 21.6 Å². The molecule has 1 aliphatic rings. The van der Waals surface area contributed by atoms with E-state index in [1.165, 1.54) is 6.20 Å². The highest BCUT2D eigenvalue weighted by molar-refractivity contribution is 6.29. The molecular formula is C15H19ClN4O2. The van der Waals surface area contributed by atoms with E-state index < -0.39 is 0 Å². The van der Waals surface area contributed by atoms with Crippen molar-refractivity contribution in [2.24, 2.45) is 0 Å². The van der Waals surface area contributed by atoms with Crippen LogP contribution in [0, 0.1) is 11.3 Å². The molecule has 0 radical (unpaired) electrons. The Morgan fingerprint density at radius 3 is 2.91 bits per heavy atom. The van der Waals surface area contributed by atoms with Gasteiger partial charge in [0.05, 0.1) is 25.7 Å². The summed E-state index contributed by atoms with van der Waals surface area (Å²) in [5.41, 5.74) is 0.500. The van der Waals surface area contributed by atoms with E-state index >= 15 is 0 Å². The van der Waals surface area contributed by atoms with E-state index in [1.807, 2.05) is 0 Å². The van der Waals surface area contributed by atoms with Crippen molar-refractivity contribution in [1.82, 2.24) is 14.8 Å². The Morgan fingerprint density at radius 1 is 1.45 bits per heavy atom. The second-order valence-corrected chi connectivity index (χ2v) is 5.41. The molecule has 0 aromatic carbocycles. The van der Waals surface area contributed by atoms with Gasteiger partial charge < -0.3 is 9.64 Å². The molecule has 7 heteroatoms. The third kappa shape index (κ3) is 4.95. The highest BCUT2D eigenvalue weighted by Gasteiger charge is 2.18. The fourth-order valence-corrected chi connectivity index (χ4v) is 2.48. The molecule has 1 aromatic heterocycles. The Labute approximate surface area is 135 Å². The third-order valence-electron chi connectivity index (χ3n) is 3.54. The molecular weight excluding hydrogens is 304 g/mol. The number of morpholine rings is 1. The lowest BCUT2D eigenvalue weighted by Gasteiger charge is -2.30. The Hall–Kier alpha value is -1.68. The summed E-state index contributed by atoms with van der Waals surface area (Å²) in [5.74, 6) is -0.118. The van der Waals surface area contributed by atoms with Crippen LogP contribution in [-0.2, 0) is 4.74 Å². The summed E-state index contributed by atoms with van der Waals surface area (Å²) >= 11 is 5.84. The molecule has 0 bridgehead atoms. The molecule has 1 saturated heterocycles. The lowest BCUT2D eigenvalue weighted by atomic mass is 10.2. The molecule has 1 aromatic rings. The number of carbonyl (C=O) groups excluding carboxylic acids is 1. The number of halogens is 1. The molecule has 22 heavy (non-hydrogen) atoms. The molecule has 0 aliphatic carbocycles. The summed E-state index contributed by atoms with van der Waals surface area (Å²) in [5, 5.41) is 9.07. The molecule has 0 saturated carbocycles. The van der Waals surface area contributed by atoms with Gasteiger partial charge in [-0.15, -0.1) is 0 Å². The zero-order chi connectivity index (χ0) is 15.8. The van der Waals surface area contributed by atoms with Gasteiger partial charge in [-0.05, 0) is 12.1 Å². The van der Waals surface area contributed by atoms with Crippen LogP contribution in [0.4, 0.5) is 0 Å². The topological polar surface area (TPSA) is 69.5 Å². The molecule has 6 nitrogen and oxygen atoms in total. The van der Waals surface area contributed by atoms with Crippen LogP contribution in [0.1, 0.15) is 16.8 Å². The van der Waals surface area contributed by atoms with E-state index in [0.717, 1.165) is 32.8 Å². The van der Waals surface area contributed by atoms with Crippen molar-refractivity contribution < 1.29 is 9.53 Å². The first-order valence-electron chi connectivity index (χ1n) is 7.28. The highest BCUT2D eigenvalue weighted by Crippen LogP contribution is 2.11. The molecule has 118 valence electrons. The van der Waals surface area contributed by atoms with Crippen LogP contribution in [0.5, 0.6) is 0 Å². The number of carbonyl (C=O) groups is 1. The first kappa shape index (κ1) is 16.7. The van der Waals surface area contributed by atoms with Gasteiger partial charge in [0.15, 0.2) is 0 Å². The van der Waals surface area contributed by atoms with Crippen molar-refractivity contribution in [2.45, 2.75) is 6.42 Å². The Morgan fingerprint density at radius 2 is 2.23 bits per heavy atom.